The van der Waals surface area contributed by atoms with Gasteiger partial charge in [0.25, 0.3) is 0 Å². The number of benzene rings is 4. The highest BCUT2D eigenvalue weighted by molar-refractivity contribution is 8.08. The van der Waals surface area contributed by atoms with E-state index in [-0.39, 0.29) is 30.7 Å². The van der Waals surface area contributed by atoms with Crippen molar-refractivity contribution in [2.24, 2.45) is 0 Å². The molecule has 4 aromatic carbocycles. The molecule has 0 atom stereocenters. The van der Waals surface area contributed by atoms with Gasteiger partial charge in [-0.05, 0) is 30.3 Å². The smallest absolute Gasteiger partial charge is 0.209 e. The molecule has 0 amide bonds. The second-order valence-electron chi connectivity index (χ2n) is 8.21. The summed E-state index contributed by atoms with van der Waals surface area (Å²) in [6.07, 6.45) is 0. The molecule has 0 bridgehead atoms. The number of nitrogens with zero attached hydrogens (tertiary/aromatic N) is 1. The summed E-state index contributed by atoms with van der Waals surface area (Å²) in [7, 11) is -7.91. The Morgan fingerprint density at radius 2 is 1.03 bits per heavy atom. The van der Waals surface area contributed by atoms with Crippen molar-refractivity contribution in [3.8, 4) is 5.69 Å². The zero-order chi connectivity index (χ0) is 22.5. The van der Waals surface area contributed by atoms with Crippen molar-refractivity contribution in [1.82, 2.24) is 4.57 Å². The predicted octanol–water partition coefficient (Wildman–Crippen LogP) is 5.18. The van der Waals surface area contributed by atoms with E-state index in [1.165, 1.54) is 6.07 Å². The average molecular weight is 470 g/mol. The lowest BCUT2D eigenvalue weighted by Gasteiger charge is -2.12. The largest absolute Gasteiger partial charge is 0.309 e. The number of aromatic nitrogens is 1. The average Bonchev–Trinajstić information content (AvgIpc) is 3.37. The van der Waals surface area contributed by atoms with Gasteiger partial charge in [-0.2, -0.15) is 0 Å². The van der Waals surface area contributed by atoms with Crippen molar-refractivity contribution >= 4 is 51.3 Å². The first-order valence-electron chi connectivity index (χ1n) is 10.4. The van der Waals surface area contributed by atoms with Crippen LogP contribution in [0.3, 0.4) is 0 Å². The van der Waals surface area contributed by atoms with E-state index < -0.39 is 19.7 Å². The third-order valence-corrected chi connectivity index (χ3v) is 10.4. The minimum atomic E-state index is -4.00. The summed E-state index contributed by atoms with van der Waals surface area (Å²) in [4.78, 5) is -0.124. The molecule has 0 radical (unpaired) electrons. The molecule has 0 N–H and O–H groups in total. The lowest BCUT2D eigenvalue weighted by molar-refractivity contribution is 0.606. The van der Waals surface area contributed by atoms with E-state index >= 15 is 0 Å². The van der Waals surface area contributed by atoms with Crippen LogP contribution in [0, 0.1) is 0 Å². The molecule has 7 heteroatoms. The Morgan fingerprint density at radius 3 is 1.70 bits per heavy atom. The first kappa shape index (κ1) is 18.8. The van der Waals surface area contributed by atoms with E-state index in [1.54, 1.807) is 36.4 Å². The zero-order valence-corrected chi connectivity index (χ0v) is 18.7. The number of hydrogen-bond donors (Lipinski definition) is 0. The molecule has 0 unspecified atom stereocenters. The van der Waals surface area contributed by atoms with Gasteiger partial charge in [-0.1, -0.05) is 60.7 Å². The summed E-state index contributed by atoms with van der Waals surface area (Å²) >= 11 is 0. The number of hydrogen-bond acceptors (Lipinski definition) is 4. The number of para-hydroxylation sites is 2. The normalized spacial score (nSPS) is 17.3. The molecule has 0 fully saturated rings. The van der Waals surface area contributed by atoms with E-state index in [2.05, 4.69) is 0 Å². The highest BCUT2D eigenvalue weighted by Gasteiger charge is 2.49. The minimum Gasteiger partial charge on any atom is -0.309 e. The zero-order valence-electron chi connectivity index (χ0n) is 17.1. The topological polar surface area (TPSA) is 73.2 Å². The highest BCUT2D eigenvalue weighted by atomic mass is 32.2. The molecule has 160 valence electrons. The van der Waals surface area contributed by atoms with E-state index in [0.717, 1.165) is 21.8 Å². The molecule has 0 spiro atoms. The van der Waals surface area contributed by atoms with Gasteiger partial charge in [0, 0.05) is 27.6 Å². The molecule has 0 saturated heterocycles. The Balaban J connectivity index is 1.53. The van der Waals surface area contributed by atoms with Crippen molar-refractivity contribution in [1.29, 1.82) is 0 Å². The molecule has 5 nitrogen and oxygen atoms in total. The summed E-state index contributed by atoms with van der Waals surface area (Å²) in [5.41, 5.74) is 3.06. The van der Waals surface area contributed by atoms with Gasteiger partial charge >= 0.3 is 0 Å². The van der Waals surface area contributed by atoms with Crippen LogP contribution in [0.5, 0.6) is 0 Å². The lowest BCUT2D eigenvalue weighted by atomic mass is 10.1. The fourth-order valence-corrected chi connectivity index (χ4v) is 9.47. The molecule has 0 saturated carbocycles. The third-order valence-electron chi connectivity index (χ3n) is 6.50. The van der Waals surface area contributed by atoms with Crippen LogP contribution in [0.15, 0.2) is 101 Å². The molecule has 3 heterocycles. The fourth-order valence-electron chi connectivity index (χ4n) is 5.15. The quantitative estimate of drug-likeness (QED) is 0.339. The van der Waals surface area contributed by atoms with E-state index in [9.17, 15) is 16.8 Å². The van der Waals surface area contributed by atoms with Gasteiger partial charge in [0.2, 0.25) is 19.7 Å². The second kappa shape index (κ2) is 6.01. The summed E-state index contributed by atoms with van der Waals surface area (Å²) in [5.74, 6) is 0. The SMILES string of the molecule is O=S1(=O)C2=C(c3ccccc31)S(=O)(=O)c1cc(-n3c4ccccc4c4ccccc43)ccc12. The summed E-state index contributed by atoms with van der Waals surface area (Å²) < 4.78 is 55.8. The van der Waals surface area contributed by atoms with Crippen molar-refractivity contribution in [3.05, 3.63) is 102 Å². The number of fused-ring (bicyclic) bond motifs is 7. The number of rotatable bonds is 1. The fraction of sp³-hybridized carbons (Fsp3) is 0. The third kappa shape index (κ3) is 2.21. The van der Waals surface area contributed by atoms with Gasteiger partial charge in [0.15, 0.2) is 0 Å². The maximum absolute atomic E-state index is 13.6. The molecule has 7 rings (SSSR count). The van der Waals surface area contributed by atoms with Crippen molar-refractivity contribution in [2.45, 2.75) is 9.79 Å². The van der Waals surface area contributed by atoms with Crippen LogP contribution in [0.25, 0.3) is 37.3 Å². The maximum Gasteiger partial charge on any atom is 0.209 e. The Bertz CT molecular complexity index is 1890. The van der Waals surface area contributed by atoms with Gasteiger partial charge in [-0.3, -0.25) is 0 Å². The minimum absolute atomic E-state index is 0.0324. The molecule has 5 aromatic rings. The summed E-state index contributed by atoms with van der Waals surface area (Å²) in [6, 6.07) is 27.2. The van der Waals surface area contributed by atoms with E-state index in [4.69, 9.17) is 0 Å². The van der Waals surface area contributed by atoms with Gasteiger partial charge < -0.3 is 4.57 Å². The van der Waals surface area contributed by atoms with Crippen LogP contribution in [0.4, 0.5) is 0 Å². The highest BCUT2D eigenvalue weighted by Crippen LogP contribution is 2.54. The van der Waals surface area contributed by atoms with Crippen molar-refractivity contribution in [3.63, 3.8) is 0 Å². The van der Waals surface area contributed by atoms with Crippen LogP contribution in [-0.4, -0.2) is 21.4 Å². The Morgan fingerprint density at radius 1 is 0.515 bits per heavy atom. The van der Waals surface area contributed by atoms with Crippen LogP contribution in [0.1, 0.15) is 11.1 Å². The molecule has 1 aromatic heterocycles. The summed E-state index contributed by atoms with van der Waals surface area (Å²) in [6.45, 7) is 0. The molecule has 0 aliphatic carbocycles. The monoisotopic (exact) mass is 469 g/mol. The Kier molecular flexibility index (Phi) is 3.43. The molecule has 2 aliphatic rings. The molecular weight excluding hydrogens is 454 g/mol. The Hall–Kier alpha value is -3.68. The van der Waals surface area contributed by atoms with Gasteiger partial charge in [-0.15, -0.1) is 0 Å². The molecule has 33 heavy (non-hydrogen) atoms. The van der Waals surface area contributed by atoms with Crippen LogP contribution < -0.4 is 0 Å². The molecule has 2 aliphatic heterocycles. The second-order valence-corrected chi connectivity index (χ2v) is 11.9. The van der Waals surface area contributed by atoms with E-state index in [0.29, 0.717) is 5.69 Å². The van der Waals surface area contributed by atoms with Gasteiger partial charge in [-0.25, -0.2) is 16.8 Å². The van der Waals surface area contributed by atoms with Crippen molar-refractivity contribution < 1.29 is 16.8 Å². The standard InChI is InChI=1S/C26H15NO4S2/c28-32(29)23-12-6-3-9-19(23)25-26(32)20-14-13-16(15-24(20)33(25,30)31)27-21-10-4-1-7-17(21)18-8-2-5-11-22(18)27/h1-15H. The number of sulfone groups is 2. The first-order valence-corrected chi connectivity index (χ1v) is 13.3. The van der Waals surface area contributed by atoms with E-state index in [1.807, 2.05) is 53.1 Å². The van der Waals surface area contributed by atoms with Gasteiger partial charge in [0.05, 0.1) is 30.6 Å². The van der Waals surface area contributed by atoms with Crippen LogP contribution in [0.2, 0.25) is 0 Å². The maximum atomic E-state index is 13.6. The molecular formula is C26H15NO4S2. The van der Waals surface area contributed by atoms with Crippen LogP contribution >= 0.6 is 0 Å². The van der Waals surface area contributed by atoms with Gasteiger partial charge in [0.1, 0.15) is 0 Å². The Labute approximate surface area is 190 Å². The predicted molar refractivity (Wildman–Crippen MR) is 128 cm³/mol. The summed E-state index contributed by atoms with van der Waals surface area (Å²) in [5, 5.41) is 2.13. The van der Waals surface area contributed by atoms with Crippen molar-refractivity contribution in [2.75, 3.05) is 0 Å². The first-order chi connectivity index (χ1) is 15.9. The van der Waals surface area contributed by atoms with Crippen LogP contribution in [-0.2, 0) is 19.7 Å². The lowest BCUT2D eigenvalue weighted by Crippen LogP contribution is -2.05.